The van der Waals surface area contributed by atoms with Gasteiger partial charge in [0.25, 0.3) is 11.1 Å². The van der Waals surface area contributed by atoms with Crippen LogP contribution in [0.5, 0.6) is 0 Å². The van der Waals surface area contributed by atoms with Crippen LogP contribution in [0.15, 0.2) is 0 Å². The van der Waals surface area contributed by atoms with Crippen LogP contribution in [0.3, 0.4) is 0 Å². The minimum absolute atomic E-state index is 0.349. The van der Waals surface area contributed by atoms with Crippen molar-refractivity contribution in [3.05, 3.63) is 0 Å². The summed E-state index contributed by atoms with van der Waals surface area (Å²) in [5, 5.41) is 2.54. The lowest BCUT2D eigenvalue weighted by Gasteiger charge is -2.18. The minimum Gasteiger partial charge on any atom is -0.330 e. The molecule has 1 rings (SSSR count). The topological polar surface area (TPSA) is 101 Å². The van der Waals surface area contributed by atoms with Gasteiger partial charge in [-0.1, -0.05) is 0 Å². The van der Waals surface area contributed by atoms with Gasteiger partial charge in [0, 0.05) is 6.54 Å². The maximum absolute atomic E-state index is 11.1. The molecule has 1 aliphatic rings. The van der Waals surface area contributed by atoms with Crippen LogP contribution in [0.1, 0.15) is 6.42 Å². The summed E-state index contributed by atoms with van der Waals surface area (Å²) in [5.41, 5.74) is 5.28. The Kier molecular flexibility index (Phi) is 3.67. The number of hydrogen-bond acceptors (Lipinski definition) is 6. The lowest BCUT2D eigenvalue weighted by Crippen LogP contribution is -2.44. The van der Waals surface area contributed by atoms with Crippen LogP contribution in [0.25, 0.3) is 0 Å². The van der Waals surface area contributed by atoms with E-state index in [2.05, 4.69) is 5.32 Å². The molecule has 5 N–H and O–H groups in total. The molecule has 0 aliphatic carbocycles. The Bertz CT molecular complexity index is 223. The molecule has 1 atom stereocenters. The number of hydrazine groups is 1. The predicted molar refractivity (Wildman–Crippen MR) is 49.5 cm³/mol. The molecule has 0 spiro atoms. The summed E-state index contributed by atoms with van der Waals surface area (Å²) in [7, 11) is 0. The molecule has 1 unspecified atom stereocenters. The zero-order valence-corrected chi connectivity index (χ0v) is 7.84. The Morgan fingerprint density at radius 3 is 2.69 bits per heavy atom. The SMILES string of the molecule is NCCCN(N)C1SC(=O)NC1=O. The monoisotopic (exact) mass is 204 g/mol. The van der Waals surface area contributed by atoms with Gasteiger partial charge in [0.15, 0.2) is 5.37 Å². The average molecular weight is 204 g/mol. The molecule has 1 aliphatic heterocycles. The Morgan fingerprint density at radius 1 is 1.54 bits per heavy atom. The smallest absolute Gasteiger partial charge is 0.287 e. The first-order chi connectivity index (χ1) is 6.15. The molecule has 2 amide bonds. The van der Waals surface area contributed by atoms with E-state index in [0.717, 1.165) is 11.8 Å². The summed E-state index contributed by atoms with van der Waals surface area (Å²) in [6.07, 6.45) is 0.703. The second kappa shape index (κ2) is 4.56. The van der Waals surface area contributed by atoms with Crippen LogP contribution in [0.4, 0.5) is 4.79 Å². The van der Waals surface area contributed by atoms with E-state index in [0.29, 0.717) is 19.5 Å². The highest BCUT2D eigenvalue weighted by Gasteiger charge is 2.34. The highest BCUT2D eigenvalue weighted by Crippen LogP contribution is 2.20. The highest BCUT2D eigenvalue weighted by molar-refractivity contribution is 8.15. The summed E-state index contributed by atoms with van der Waals surface area (Å²) in [6, 6.07) is 0. The van der Waals surface area contributed by atoms with E-state index in [9.17, 15) is 9.59 Å². The average Bonchev–Trinajstić information content (AvgIpc) is 2.41. The van der Waals surface area contributed by atoms with Gasteiger partial charge in [0.2, 0.25) is 0 Å². The summed E-state index contributed by atoms with van der Waals surface area (Å²) in [5.74, 6) is 5.21. The molecule has 0 saturated carbocycles. The van der Waals surface area contributed by atoms with Gasteiger partial charge in [-0.25, -0.2) is 5.01 Å². The quantitative estimate of drug-likeness (QED) is 0.393. The molecule has 1 saturated heterocycles. The first kappa shape index (κ1) is 10.5. The van der Waals surface area contributed by atoms with Crippen molar-refractivity contribution in [2.24, 2.45) is 11.6 Å². The number of nitrogens with zero attached hydrogens (tertiary/aromatic N) is 1. The number of amides is 2. The van der Waals surface area contributed by atoms with E-state index in [1.165, 1.54) is 5.01 Å². The molecule has 0 aromatic heterocycles. The molecule has 0 bridgehead atoms. The van der Waals surface area contributed by atoms with Crippen LogP contribution in [-0.2, 0) is 4.79 Å². The second-order valence-corrected chi connectivity index (χ2v) is 3.68. The van der Waals surface area contributed by atoms with E-state index in [-0.39, 0.29) is 11.1 Å². The molecule has 6 nitrogen and oxygen atoms in total. The van der Waals surface area contributed by atoms with Crippen LogP contribution in [0, 0.1) is 0 Å². The van der Waals surface area contributed by atoms with Gasteiger partial charge in [0.05, 0.1) is 0 Å². The number of nitrogens with two attached hydrogens (primary N) is 2. The molecule has 0 radical (unpaired) electrons. The van der Waals surface area contributed by atoms with E-state index in [1.54, 1.807) is 0 Å². The van der Waals surface area contributed by atoms with Crippen molar-refractivity contribution < 1.29 is 9.59 Å². The third kappa shape index (κ3) is 2.66. The van der Waals surface area contributed by atoms with Crippen molar-refractivity contribution in [3.63, 3.8) is 0 Å². The largest absolute Gasteiger partial charge is 0.330 e. The van der Waals surface area contributed by atoms with Crippen molar-refractivity contribution in [2.45, 2.75) is 11.8 Å². The Labute approximate surface area is 80.0 Å². The van der Waals surface area contributed by atoms with Gasteiger partial charge in [-0.05, 0) is 24.7 Å². The number of imide groups is 1. The molecular weight excluding hydrogens is 192 g/mol. The van der Waals surface area contributed by atoms with Gasteiger partial charge in [-0.15, -0.1) is 0 Å². The van der Waals surface area contributed by atoms with E-state index in [1.807, 2.05) is 0 Å². The lowest BCUT2D eigenvalue weighted by atomic mass is 10.4. The van der Waals surface area contributed by atoms with Gasteiger partial charge in [-0.3, -0.25) is 20.7 Å². The third-order valence-electron chi connectivity index (χ3n) is 1.59. The number of nitrogens with one attached hydrogen (secondary N) is 1. The number of carbonyl (C=O) groups excluding carboxylic acids is 2. The van der Waals surface area contributed by atoms with Crippen molar-refractivity contribution in [1.29, 1.82) is 0 Å². The second-order valence-electron chi connectivity index (χ2n) is 2.63. The zero-order chi connectivity index (χ0) is 9.84. The van der Waals surface area contributed by atoms with Gasteiger partial charge in [-0.2, -0.15) is 0 Å². The normalized spacial score (nSPS) is 22.5. The molecule has 74 valence electrons. The predicted octanol–water partition coefficient (Wildman–Crippen LogP) is -1.18. The van der Waals surface area contributed by atoms with Crippen molar-refractivity contribution in [2.75, 3.05) is 13.1 Å². The molecule has 0 aromatic carbocycles. The van der Waals surface area contributed by atoms with Crippen molar-refractivity contribution in [1.82, 2.24) is 10.3 Å². The number of carbonyl (C=O) groups is 2. The number of rotatable bonds is 4. The van der Waals surface area contributed by atoms with Crippen molar-refractivity contribution >= 4 is 22.9 Å². The zero-order valence-electron chi connectivity index (χ0n) is 7.03. The van der Waals surface area contributed by atoms with Gasteiger partial charge < -0.3 is 5.73 Å². The maximum atomic E-state index is 11.1. The van der Waals surface area contributed by atoms with Crippen LogP contribution in [-0.4, -0.2) is 34.6 Å². The molecule has 1 heterocycles. The molecular formula is C6H12N4O2S. The van der Waals surface area contributed by atoms with Gasteiger partial charge >= 0.3 is 0 Å². The Hall–Kier alpha value is -0.630. The van der Waals surface area contributed by atoms with E-state index < -0.39 is 5.37 Å². The van der Waals surface area contributed by atoms with E-state index in [4.69, 9.17) is 11.6 Å². The standard InChI is InChI=1S/C6H12N4O2S/c7-2-1-3-10(8)5-4(11)9-6(12)13-5/h5H,1-3,7-8H2,(H,9,11,12). The number of thioether (sulfide) groups is 1. The lowest BCUT2D eigenvalue weighted by molar-refractivity contribution is -0.121. The molecule has 13 heavy (non-hydrogen) atoms. The molecule has 0 aromatic rings. The fraction of sp³-hybridized carbons (Fsp3) is 0.667. The van der Waals surface area contributed by atoms with Gasteiger partial charge in [0.1, 0.15) is 0 Å². The minimum atomic E-state index is -0.598. The summed E-state index contributed by atoms with van der Waals surface area (Å²) in [6.45, 7) is 1.02. The molecule has 7 heteroatoms. The third-order valence-corrected chi connectivity index (χ3v) is 2.61. The maximum Gasteiger partial charge on any atom is 0.287 e. The Morgan fingerprint density at radius 2 is 2.23 bits per heavy atom. The summed E-state index contributed by atoms with van der Waals surface area (Å²) in [4.78, 5) is 21.8. The van der Waals surface area contributed by atoms with E-state index >= 15 is 0 Å². The summed E-state index contributed by atoms with van der Waals surface area (Å²) >= 11 is 0.893. The van der Waals surface area contributed by atoms with Crippen LogP contribution >= 0.6 is 11.8 Å². The fourth-order valence-electron chi connectivity index (χ4n) is 0.956. The van der Waals surface area contributed by atoms with Crippen molar-refractivity contribution in [3.8, 4) is 0 Å². The molecule has 1 fully saturated rings. The van der Waals surface area contributed by atoms with Crippen LogP contribution in [0.2, 0.25) is 0 Å². The highest BCUT2D eigenvalue weighted by atomic mass is 32.2. The fourth-order valence-corrected chi connectivity index (χ4v) is 1.73. The first-order valence-corrected chi connectivity index (χ1v) is 4.76. The first-order valence-electron chi connectivity index (χ1n) is 3.88. The summed E-state index contributed by atoms with van der Waals surface area (Å²) < 4.78 is 0. The number of hydrogen-bond donors (Lipinski definition) is 3. The Balaban J connectivity index is 2.42. The van der Waals surface area contributed by atoms with Crippen LogP contribution < -0.4 is 16.9 Å².